The first-order valence-corrected chi connectivity index (χ1v) is 6.76. The van der Waals surface area contributed by atoms with Crippen molar-refractivity contribution in [1.82, 2.24) is 0 Å². The van der Waals surface area contributed by atoms with Gasteiger partial charge in [-0.25, -0.2) is 4.39 Å². The molecule has 1 amide bonds. The fourth-order valence-electron chi connectivity index (χ4n) is 1.55. The lowest BCUT2D eigenvalue weighted by atomic mass is 10.1. The van der Waals surface area contributed by atoms with Gasteiger partial charge in [0.1, 0.15) is 11.2 Å². The molecule has 0 radical (unpaired) electrons. The number of alkyl halides is 1. The Kier molecular flexibility index (Phi) is 4.56. The van der Waals surface area contributed by atoms with Gasteiger partial charge in [0, 0.05) is 5.69 Å². The van der Waals surface area contributed by atoms with Crippen LogP contribution in [-0.2, 0) is 4.79 Å². The number of carbonyl (C=O) groups is 1. The van der Waals surface area contributed by atoms with E-state index in [1.807, 2.05) is 18.2 Å². The van der Waals surface area contributed by atoms with Crippen LogP contribution < -0.4 is 5.32 Å². The maximum Gasteiger partial charge on any atom is 0.246 e. The van der Waals surface area contributed by atoms with E-state index in [4.69, 9.17) is 11.6 Å². The Labute approximate surface area is 123 Å². The summed E-state index contributed by atoms with van der Waals surface area (Å²) in [4.78, 5) is 12.0. The van der Waals surface area contributed by atoms with Gasteiger partial charge >= 0.3 is 0 Å². The highest BCUT2D eigenvalue weighted by molar-refractivity contribution is 9.10. The molecule has 19 heavy (non-hydrogen) atoms. The number of nitrogens with one attached hydrogen (secondary N) is 1. The van der Waals surface area contributed by atoms with E-state index in [2.05, 4.69) is 21.2 Å². The van der Waals surface area contributed by atoms with Crippen molar-refractivity contribution in [3.8, 4) is 0 Å². The van der Waals surface area contributed by atoms with E-state index in [1.165, 1.54) is 18.2 Å². The highest BCUT2D eigenvalue weighted by Crippen LogP contribution is 2.24. The predicted octanol–water partition coefficient (Wildman–Crippen LogP) is 4.51. The van der Waals surface area contributed by atoms with Crippen LogP contribution >= 0.6 is 27.5 Å². The second kappa shape index (κ2) is 6.17. The highest BCUT2D eigenvalue weighted by atomic mass is 79.9. The number of rotatable bonds is 3. The van der Waals surface area contributed by atoms with Crippen LogP contribution in [0, 0.1) is 5.82 Å². The number of anilines is 1. The van der Waals surface area contributed by atoms with E-state index in [0.717, 1.165) is 0 Å². The molecule has 0 aliphatic carbocycles. The number of amides is 1. The zero-order chi connectivity index (χ0) is 13.8. The quantitative estimate of drug-likeness (QED) is 0.817. The largest absolute Gasteiger partial charge is 0.324 e. The smallest absolute Gasteiger partial charge is 0.246 e. The van der Waals surface area contributed by atoms with Crippen LogP contribution in [0.25, 0.3) is 0 Å². The van der Waals surface area contributed by atoms with Crippen LogP contribution in [0.3, 0.4) is 0 Å². The van der Waals surface area contributed by atoms with Crippen LogP contribution in [0.2, 0.25) is 0 Å². The van der Waals surface area contributed by atoms with Crippen LogP contribution in [0.15, 0.2) is 53.0 Å². The Morgan fingerprint density at radius 3 is 2.53 bits per heavy atom. The Balaban J connectivity index is 2.10. The van der Waals surface area contributed by atoms with Crippen molar-refractivity contribution >= 4 is 39.1 Å². The molecule has 2 rings (SSSR count). The summed E-state index contributed by atoms with van der Waals surface area (Å²) in [5.74, 6) is -0.741. The summed E-state index contributed by atoms with van der Waals surface area (Å²) in [7, 11) is 0. The fraction of sp³-hybridized carbons (Fsp3) is 0.0714. The molecular weight excluding hydrogens is 333 g/mol. The molecule has 5 heteroatoms. The van der Waals surface area contributed by atoms with Crippen LogP contribution in [0.4, 0.5) is 10.1 Å². The van der Waals surface area contributed by atoms with Gasteiger partial charge in [0.05, 0.1) is 4.47 Å². The van der Waals surface area contributed by atoms with Crippen molar-refractivity contribution in [2.75, 3.05) is 5.32 Å². The minimum absolute atomic E-state index is 0.288. The maximum atomic E-state index is 13.1. The lowest BCUT2D eigenvalue weighted by molar-refractivity contribution is -0.116. The SMILES string of the molecule is O=C(Nc1ccc(F)c(Br)c1)C(Cl)c1ccccc1. The zero-order valence-electron chi connectivity index (χ0n) is 9.74. The summed E-state index contributed by atoms with van der Waals surface area (Å²) in [5, 5.41) is 1.85. The van der Waals surface area contributed by atoms with Crippen molar-refractivity contribution in [1.29, 1.82) is 0 Å². The first-order valence-electron chi connectivity index (χ1n) is 5.53. The number of hydrogen-bond acceptors (Lipinski definition) is 1. The Morgan fingerprint density at radius 1 is 1.21 bits per heavy atom. The molecule has 0 heterocycles. The number of benzene rings is 2. The van der Waals surface area contributed by atoms with Gasteiger partial charge in [-0.2, -0.15) is 0 Å². The van der Waals surface area contributed by atoms with E-state index in [-0.39, 0.29) is 16.2 Å². The predicted molar refractivity (Wildman–Crippen MR) is 77.8 cm³/mol. The van der Waals surface area contributed by atoms with Crippen LogP contribution in [0.5, 0.6) is 0 Å². The molecule has 1 N–H and O–H groups in total. The van der Waals surface area contributed by atoms with Crippen molar-refractivity contribution in [2.45, 2.75) is 5.38 Å². The summed E-state index contributed by atoms with van der Waals surface area (Å²) in [5.41, 5.74) is 1.20. The fourth-order valence-corrected chi connectivity index (χ4v) is 2.13. The van der Waals surface area contributed by atoms with Crippen molar-refractivity contribution in [2.24, 2.45) is 0 Å². The van der Waals surface area contributed by atoms with Crippen molar-refractivity contribution in [3.05, 3.63) is 64.4 Å². The molecule has 2 nitrogen and oxygen atoms in total. The van der Waals surface area contributed by atoms with Gasteiger partial charge in [0.25, 0.3) is 0 Å². The summed E-state index contributed by atoms with van der Waals surface area (Å²) in [6.07, 6.45) is 0. The first kappa shape index (κ1) is 14.0. The van der Waals surface area contributed by atoms with Crippen LogP contribution in [-0.4, -0.2) is 5.91 Å². The number of hydrogen-bond donors (Lipinski definition) is 1. The van der Waals surface area contributed by atoms with E-state index < -0.39 is 5.38 Å². The maximum absolute atomic E-state index is 13.1. The van der Waals surface area contributed by atoms with Gasteiger partial charge in [-0.15, -0.1) is 11.6 Å². The van der Waals surface area contributed by atoms with Gasteiger partial charge in [-0.3, -0.25) is 4.79 Å². The second-order valence-corrected chi connectivity index (χ2v) is 5.18. The molecule has 0 saturated heterocycles. The van der Waals surface area contributed by atoms with E-state index in [1.54, 1.807) is 12.1 Å². The second-order valence-electron chi connectivity index (χ2n) is 3.89. The van der Waals surface area contributed by atoms with Crippen molar-refractivity contribution in [3.63, 3.8) is 0 Å². The molecule has 0 aliphatic heterocycles. The molecule has 2 aromatic rings. The average Bonchev–Trinajstić information content (AvgIpc) is 2.43. The lowest BCUT2D eigenvalue weighted by Crippen LogP contribution is -2.17. The Morgan fingerprint density at radius 2 is 1.89 bits per heavy atom. The van der Waals surface area contributed by atoms with Crippen molar-refractivity contribution < 1.29 is 9.18 Å². The van der Waals surface area contributed by atoms with Crippen LogP contribution in [0.1, 0.15) is 10.9 Å². The molecule has 1 unspecified atom stereocenters. The molecule has 0 aromatic heterocycles. The molecule has 0 spiro atoms. The number of halogens is 3. The minimum atomic E-state index is -0.787. The zero-order valence-corrected chi connectivity index (χ0v) is 12.1. The summed E-state index contributed by atoms with van der Waals surface area (Å²) in [6, 6.07) is 13.3. The third-order valence-corrected chi connectivity index (χ3v) is 3.57. The molecule has 0 bridgehead atoms. The normalized spacial score (nSPS) is 11.9. The molecule has 98 valence electrons. The molecule has 1 atom stereocenters. The van der Waals surface area contributed by atoms with Gasteiger partial charge in [0.15, 0.2) is 0 Å². The highest BCUT2D eigenvalue weighted by Gasteiger charge is 2.17. The van der Waals surface area contributed by atoms with E-state index in [9.17, 15) is 9.18 Å². The minimum Gasteiger partial charge on any atom is -0.324 e. The van der Waals surface area contributed by atoms with Gasteiger partial charge < -0.3 is 5.32 Å². The molecule has 2 aromatic carbocycles. The average molecular weight is 343 g/mol. The summed E-state index contributed by atoms with van der Waals surface area (Å²) >= 11 is 9.14. The Bertz CT molecular complexity index is 591. The van der Waals surface area contributed by atoms with Gasteiger partial charge in [0.2, 0.25) is 5.91 Å². The first-order chi connectivity index (χ1) is 9.08. The summed E-state index contributed by atoms with van der Waals surface area (Å²) in [6.45, 7) is 0. The third kappa shape index (κ3) is 3.55. The van der Waals surface area contributed by atoms with Gasteiger partial charge in [-0.1, -0.05) is 30.3 Å². The molecule has 0 saturated carbocycles. The molecule has 0 fully saturated rings. The topological polar surface area (TPSA) is 29.1 Å². The monoisotopic (exact) mass is 341 g/mol. The number of carbonyl (C=O) groups excluding carboxylic acids is 1. The summed E-state index contributed by atoms with van der Waals surface area (Å²) < 4.78 is 13.4. The third-order valence-electron chi connectivity index (χ3n) is 2.51. The van der Waals surface area contributed by atoms with E-state index in [0.29, 0.717) is 11.3 Å². The molecule has 0 aliphatic rings. The Hall–Kier alpha value is -1.39. The lowest BCUT2D eigenvalue weighted by Gasteiger charge is -2.11. The van der Waals surface area contributed by atoms with E-state index >= 15 is 0 Å². The standard InChI is InChI=1S/C14H10BrClFNO/c15-11-8-10(6-7-12(11)17)18-14(19)13(16)9-4-2-1-3-5-9/h1-8,13H,(H,18,19). The van der Waals surface area contributed by atoms with Gasteiger partial charge in [-0.05, 0) is 39.7 Å². The molecular formula is C14H10BrClFNO.